The fourth-order valence-corrected chi connectivity index (χ4v) is 4.00. The summed E-state index contributed by atoms with van der Waals surface area (Å²) in [4.78, 5) is 45.4. The first-order valence-electron chi connectivity index (χ1n) is 12.0. The van der Waals surface area contributed by atoms with Gasteiger partial charge < -0.3 is 39.3 Å². The Morgan fingerprint density at radius 2 is 1.72 bits per heavy atom. The van der Waals surface area contributed by atoms with Gasteiger partial charge in [-0.3, -0.25) is 9.59 Å². The van der Waals surface area contributed by atoms with Gasteiger partial charge in [0.15, 0.2) is 11.5 Å². The number of nitrogen functional groups attached to an aromatic ring is 1. The maximum Gasteiger partial charge on any atom is 0.311 e. The van der Waals surface area contributed by atoms with Crippen LogP contribution < -0.4 is 20.1 Å². The predicted octanol–water partition coefficient (Wildman–Crippen LogP) is 2.13. The van der Waals surface area contributed by atoms with E-state index in [1.54, 1.807) is 31.3 Å². The molecular formula is C24H31N7O7S. The number of aromatic nitrogens is 4. The third-order valence-electron chi connectivity index (χ3n) is 5.75. The molecule has 1 aromatic carbocycles. The van der Waals surface area contributed by atoms with Crippen molar-refractivity contribution in [2.75, 3.05) is 57.3 Å². The molecule has 3 N–H and O–H groups in total. The number of carboxylic acids is 1. The number of hydrogen-bond acceptors (Lipinski definition) is 13. The number of carbonyl (C=O) groups excluding carboxylic acids is 2. The number of Topliss-reactive ketones (excluding diaryl/α,β-unsaturated/α-hetero) is 1. The maximum absolute atomic E-state index is 12.6. The zero-order valence-electron chi connectivity index (χ0n) is 22.2. The summed E-state index contributed by atoms with van der Waals surface area (Å²) in [5.74, 6) is 0.914. The number of fused-ring (bicyclic) bond motifs is 1. The largest absolute Gasteiger partial charge is 0.493 e. The lowest BCUT2D eigenvalue weighted by Gasteiger charge is -2.34. The van der Waals surface area contributed by atoms with Crippen LogP contribution in [0.2, 0.25) is 0 Å². The number of ketones is 1. The van der Waals surface area contributed by atoms with Crippen molar-refractivity contribution >= 4 is 52.1 Å². The molecule has 4 rings (SSSR count). The fourth-order valence-electron chi connectivity index (χ4n) is 3.72. The number of carbonyl (C=O) groups is 3. The number of rotatable bonds is 9. The predicted molar refractivity (Wildman–Crippen MR) is 143 cm³/mol. The Morgan fingerprint density at radius 1 is 1.05 bits per heavy atom. The van der Waals surface area contributed by atoms with E-state index in [-0.39, 0.29) is 24.0 Å². The molecule has 0 atom stereocenters. The van der Waals surface area contributed by atoms with Gasteiger partial charge in [-0.2, -0.15) is 4.98 Å². The molecule has 1 amide bonds. The minimum Gasteiger partial charge on any atom is -0.493 e. The number of aliphatic carboxylic acids is 1. The Morgan fingerprint density at radius 3 is 2.28 bits per heavy atom. The van der Waals surface area contributed by atoms with Gasteiger partial charge in [0.25, 0.3) is 5.22 Å². The summed E-state index contributed by atoms with van der Waals surface area (Å²) in [6.07, 6.45) is 2.75. The summed E-state index contributed by atoms with van der Waals surface area (Å²) in [6.45, 7) is 3.51. The average molecular weight is 562 g/mol. The number of amides is 1. The Labute approximate surface area is 228 Å². The highest BCUT2D eigenvalue weighted by molar-refractivity contribution is 7.98. The first-order chi connectivity index (χ1) is 18.7. The summed E-state index contributed by atoms with van der Waals surface area (Å²) >= 11 is 1.29. The molecule has 1 aliphatic heterocycles. The van der Waals surface area contributed by atoms with Crippen molar-refractivity contribution < 1.29 is 33.4 Å². The van der Waals surface area contributed by atoms with Crippen LogP contribution in [0.3, 0.4) is 0 Å². The van der Waals surface area contributed by atoms with Gasteiger partial charge in [0.1, 0.15) is 11.6 Å². The van der Waals surface area contributed by atoms with Crippen molar-refractivity contribution in [3.8, 4) is 11.5 Å². The van der Waals surface area contributed by atoms with Gasteiger partial charge in [0.2, 0.25) is 5.95 Å². The second kappa shape index (κ2) is 13.6. The smallest absolute Gasteiger partial charge is 0.311 e. The van der Waals surface area contributed by atoms with Crippen LogP contribution in [0.1, 0.15) is 36.9 Å². The first kappa shape index (κ1) is 29.4. The van der Waals surface area contributed by atoms with Crippen molar-refractivity contribution in [2.45, 2.75) is 31.4 Å². The lowest BCUT2D eigenvalue weighted by molar-refractivity contribution is -0.137. The molecule has 39 heavy (non-hydrogen) atoms. The SMILES string of the molecule is CC(=O)CCCC(=O)O.COc1cc2nc(N3CCN(C(=O)c4nnc(SC)o4)CC3)nc(N)c2cc1OC. The van der Waals surface area contributed by atoms with Gasteiger partial charge in [-0.05, 0) is 25.7 Å². The van der Waals surface area contributed by atoms with E-state index < -0.39 is 5.97 Å². The van der Waals surface area contributed by atoms with Crippen molar-refractivity contribution in [1.29, 1.82) is 0 Å². The monoisotopic (exact) mass is 561 g/mol. The molecular weight excluding hydrogens is 530 g/mol. The molecule has 15 heteroatoms. The van der Waals surface area contributed by atoms with Crippen LogP contribution in [0.4, 0.5) is 11.8 Å². The van der Waals surface area contributed by atoms with Gasteiger partial charge >= 0.3 is 17.8 Å². The lowest BCUT2D eigenvalue weighted by Crippen LogP contribution is -2.49. The molecule has 1 saturated heterocycles. The highest BCUT2D eigenvalue weighted by atomic mass is 32.2. The Bertz CT molecular complexity index is 1310. The van der Waals surface area contributed by atoms with E-state index in [4.69, 9.17) is 24.7 Å². The number of ether oxygens (including phenoxy) is 2. The van der Waals surface area contributed by atoms with E-state index in [9.17, 15) is 14.4 Å². The van der Waals surface area contributed by atoms with Crippen LogP contribution in [-0.2, 0) is 9.59 Å². The normalized spacial score (nSPS) is 13.0. The number of nitrogens with zero attached hydrogens (tertiary/aromatic N) is 6. The Balaban J connectivity index is 0.000000403. The summed E-state index contributed by atoms with van der Waals surface area (Å²) in [6, 6.07) is 3.53. The maximum atomic E-state index is 12.6. The van der Waals surface area contributed by atoms with Crippen LogP contribution in [0.5, 0.6) is 11.5 Å². The molecule has 0 unspecified atom stereocenters. The molecule has 3 aromatic rings. The third kappa shape index (κ3) is 7.69. The standard InChI is InChI=1S/C18H21N7O4S.C6H10O3/c1-27-12-8-10-11(9-13(12)28-2)20-17(21-14(10)19)25-6-4-24(5-7-25)16(26)15-22-23-18(29-15)30-3;1-5(7)3-2-4-6(8)9/h8-9H,4-7H2,1-3H3,(H2,19,20,21);2-4H2,1H3,(H,8,9). The minimum atomic E-state index is -0.837. The van der Waals surface area contributed by atoms with E-state index in [1.807, 2.05) is 11.2 Å². The van der Waals surface area contributed by atoms with Crippen LogP contribution in [0, 0.1) is 0 Å². The molecule has 3 heterocycles. The van der Waals surface area contributed by atoms with E-state index >= 15 is 0 Å². The Kier molecular flexibility index (Phi) is 10.3. The molecule has 210 valence electrons. The molecule has 1 fully saturated rings. The fraction of sp³-hybridized carbons (Fsp3) is 0.458. The number of hydrogen-bond donors (Lipinski definition) is 2. The second-order valence-corrected chi connectivity index (χ2v) is 9.20. The highest BCUT2D eigenvalue weighted by Crippen LogP contribution is 2.34. The van der Waals surface area contributed by atoms with Crippen molar-refractivity contribution in [2.24, 2.45) is 0 Å². The molecule has 0 spiro atoms. The lowest BCUT2D eigenvalue weighted by atomic mass is 10.2. The number of carboxylic acid groups (broad SMARTS) is 1. The van der Waals surface area contributed by atoms with Crippen molar-refractivity contribution in [3.63, 3.8) is 0 Å². The number of benzene rings is 1. The zero-order valence-corrected chi connectivity index (χ0v) is 23.0. The quantitative estimate of drug-likeness (QED) is 0.362. The minimum absolute atomic E-state index is 0.0000388. The Hall–Kier alpha value is -4.14. The highest BCUT2D eigenvalue weighted by Gasteiger charge is 2.27. The second-order valence-electron chi connectivity index (χ2n) is 8.44. The number of anilines is 2. The van der Waals surface area contributed by atoms with Gasteiger partial charge in [0, 0.05) is 50.5 Å². The number of thioether (sulfide) groups is 1. The molecule has 2 aromatic heterocycles. The van der Waals surface area contributed by atoms with Crippen LogP contribution in [0.15, 0.2) is 21.8 Å². The summed E-state index contributed by atoms with van der Waals surface area (Å²) < 4.78 is 16.0. The van der Waals surface area contributed by atoms with Crippen LogP contribution >= 0.6 is 11.8 Å². The van der Waals surface area contributed by atoms with E-state index in [0.717, 1.165) is 0 Å². The van der Waals surface area contributed by atoms with E-state index in [0.29, 0.717) is 78.4 Å². The molecule has 0 bridgehead atoms. The topological polar surface area (TPSA) is 187 Å². The van der Waals surface area contributed by atoms with Crippen LogP contribution in [-0.4, -0.2) is 94.5 Å². The van der Waals surface area contributed by atoms with E-state index in [1.165, 1.54) is 18.7 Å². The number of piperazine rings is 1. The molecule has 1 aliphatic rings. The number of nitrogens with two attached hydrogens (primary N) is 1. The van der Waals surface area contributed by atoms with Gasteiger partial charge in [0.05, 0.1) is 19.7 Å². The summed E-state index contributed by atoms with van der Waals surface area (Å²) in [5.41, 5.74) is 6.83. The summed E-state index contributed by atoms with van der Waals surface area (Å²) in [7, 11) is 3.13. The van der Waals surface area contributed by atoms with Gasteiger partial charge in [-0.25, -0.2) is 4.98 Å². The van der Waals surface area contributed by atoms with Gasteiger partial charge in [-0.1, -0.05) is 11.8 Å². The molecule has 0 aliphatic carbocycles. The third-order valence-corrected chi connectivity index (χ3v) is 6.27. The van der Waals surface area contributed by atoms with Crippen molar-refractivity contribution in [3.05, 3.63) is 18.0 Å². The zero-order chi connectivity index (χ0) is 28.5. The molecule has 14 nitrogen and oxygen atoms in total. The number of methoxy groups -OCH3 is 2. The molecule has 0 radical (unpaired) electrons. The van der Waals surface area contributed by atoms with Crippen LogP contribution in [0.25, 0.3) is 10.9 Å². The van der Waals surface area contributed by atoms with E-state index in [2.05, 4.69) is 20.2 Å². The first-order valence-corrected chi connectivity index (χ1v) is 13.2. The molecule has 0 saturated carbocycles. The van der Waals surface area contributed by atoms with Gasteiger partial charge in [-0.15, -0.1) is 10.2 Å². The van der Waals surface area contributed by atoms with Crippen molar-refractivity contribution in [1.82, 2.24) is 25.1 Å². The average Bonchev–Trinajstić information content (AvgIpc) is 3.41. The summed E-state index contributed by atoms with van der Waals surface area (Å²) in [5, 5.41) is 16.8.